The molecule has 0 radical (unpaired) electrons. The highest BCUT2D eigenvalue weighted by Crippen LogP contribution is 2.22. The highest BCUT2D eigenvalue weighted by Gasteiger charge is 2.14. The molecule has 98 valence electrons. The van der Waals surface area contributed by atoms with Crippen LogP contribution in [-0.2, 0) is 6.42 Å². The van der Waals surface area contributed by atoms with Gasteiger partial charge < -0.3 is 5.32 Å². The van der Waals surface area contributed by atoms with Crippen LogP contribution in [0.15, 0.2) is 24.3 Å². The molecule has 1 atom stereocenters. The maximum atomic E-state index is 8.54. The second-order valence-electron chi connectivity index (χ2n) is 5.03. The fourth-order valence-electron chi connectivity index (χ4n) is 2.12. The first kappa shape index (κ1) is 14.7. The Morgan fingerprint density at radius 3 is 2.39 bits per heavy atom. The maximum absolute atomic E-state index is 8.54. The van der Waals surface area contributed by atoms with Crippen molar-refractivity contribution in [3.63, 3.8) is 0 Å². The molecule has 0 bridgehead atoms. The van der Waals surface area contributed by atoms with Gasteiger partial charge in [-0.3, -0.25) is 0 Å². The van der Waals surface area contributed by atoms with E-state index in [1.807, 2.05) is 0 Å². The Morgan fingerprint density at radius 2 is 1.89 bits per heavy atom. The van der Waals surface area contributed by atoms with Gasteiger partial charge in [-0.1, -0.05) is 45.0 Å². The summed E-state index contributed by atoms with van der Waals surface area (Å²) in [5, 5.41) is 12.1. The third-order valence-corrected chi connectivity index (χ3v) is 3.24. The van der Waals surface area contributed by atoms with E-state index in [-0.39, 0.29) is 0 Å². The van der Waals surface area contributed by atoms with Crippen LogP contribution in [0.4, 0.5) is 0 Å². The molecule has 18 heavy (non-hydrogen) atoms. The van der Waals surface area contributed by atoms with Crippen LogP contribution in [0, 0.1) is 17.2 Å². The quantitative estimate of drug-likeness (QED) is 0.740. The molecule has 1 aromatic carbocycles. The molecule has 0 saturated carbocycles. The third-order valence-electron chi connectivity index (χ3n) is 3.24. The molecular weight excluding hydrogens is 220 g/mol. The largest absolute Gasteiger partial charge is 0.310 e. The molecule has 0 aliphatic rings. The predicted molar refractivity (Wildman–Crippen MR) is 76.2 cm³/mol. The van der Waals surface area contributed by atoms with Crippen LogP contribution in [0.3, 0.4) is 0 Å². The zero-order valence-electron chi connectivity index (χ0n) is 11.7. The first-order valence-corrected chi connectivity index (χ1v) is 6.88. The second-order valence-corrected chi connectivity index (χ2v) is 5.03. The number of nitrogens with one attached hydrogen (secondary N) is 1. The van der Waals surface area contributed by atoms with Crippen molar-refractivity contribution in [2.45, 2.75) is 46.1 Å². The van der Waals surface area contributed by atoms with E-state index in [1.165, 1.54) is 11.1 Å². The summed E-state index contributed by atoms with van der Waals surface area (Å²) in [6.07, 6.45) is 2.64. The Hall–Kier alpha value is -1.33. The summed E-state index contributed by atoms with van der Waals surface area (Å²) in [5.74, 6) is 0.555. The Labute approximate surface area is 111 Å². The average Bonchev–Trinajstić information content (AvgIpc) is 2.39. The molecule has 0 aliphatic carbocycles. The average molecular weight is 244 g/mol. The Morgan fingerprint density at radius 1 is 1.22 bits per heavy atom. The van der Waals surface area contributed by atoms with Gasteiger partial charge in [0, 0.05) is 12.5 Å². The SMILES string of the molecule is CCc1ccc(C(NCCCC#N)C(C)C)cc1. The molecule has 1 rings (SSSR count). The van der Waals surface area contributed by atoms with Crippen molar-refractivity contribution in [1.82, 2.24) is 5.32 Å². The van der Waals surface area contributed by atoms with Gasteiger partial charge in [-0.05, 0) is 36.4 Å². The third kappa shape index (κ3) is 4.50. The van der Waals surface area contributed by atoms with Crippen LogP contribution in [-0.4, -0.2) is 6.54 Å². The molecule has 2 nitrogen and oxygen atoms in total. The van der Waals surface area contributed by atoms with Gasteiger partial charge in [-0.25, -0.2) is 0 Å². The predicted octanol–water partition coefficient (Wildman–Crippen LogP) is 3.84. The van der Waals surface area contributed by atoms with E-state index in [9.17, 15) is 0 Å². The smallest absolute Gasteiger partial charge is 0.0622 e. The second kappa shape index (κ2) is 7.89. The summed E-state index contributed by atoms with van der Waals surface area (Å²) in [6.45, 7) is 7.55. The summed E-state index contributed by atoms with van der Waals surface area (Å²) in [5.41, 5.74) is 2.73. The molecule has 1 N–H and O–H groups in total. The molecule has 1 aromatic rings. The van der Waals surface area contributed by atoms with E-state index in [1.54, 1.807) is 0 Å². The number of unbranched alkanes of at least 4 members (excludes halogenated alkanes) is 1. The van der Waals surface area contributed by atoms with Crippen LogP contribution in [0.2, 0.25) is 0 Å². The molecule has 0 saturated heterocycles. The minimum absolute atomic E-state index is 0.384. The van der Waals surface area contributed by atoms with Crippen molar-refractivity contribution in [3.05, 3.63) is 35.4 Å². The fourth-order valence-corrected chi connectivity index (χ4v) is 2.12. The van der Waals surface area contributed by atoms with E-state index in [0.29, 0.717) is 18.4 Å². The minimum atomic E-state index is 0.384. The fraction of sp³-hybridized carbons (Fsp3) is 0.562. The van der Waals surface area contributed by atoms with Gasteiger partial charge in [0.15, 0.2) is 0 Å². The van der Waals surface area contributed by atoms with E-state index in [2.05, 4.69) is 56.4 Å². The van der Waals surface area contributed by atoms with Crippen LogP contribution < -0.4 is 5.32 Å². The summed E-state index contributed by atoms with van der Waals surface area (Å²) in [6, 6.07) is 11.4. The minimum Gasteiger partial charge on any atom is -0.310 e. The summed E-state index contributed by atoms with van der Waals surface area (Å²) in [7, 11) is 0. The Kier molecular flexibility index (Phi) is 6.46. The summed E-state index contributed by atoms with van der Waals surface area (Å²) < 4.78 is 0. The number of hydrogen-bond donors (Lipinski definition) is 1. The van der Waals surface area contributed by atoms with E-state index >= 15 is 0 Å². The van der Waals surface area contributed by atoms with Gasteiger partial charge in [0.05, 0.1) is 6.07 Å². The van der Waals surface area contributed by atoms with Crippen LogP contribution in [0.1, 0.15) is 50.8 Å². The highest BCUT2D eigenvalue weighted by molar-refractivity contribution is 5.25. The summed E-state index contributed by atoms with van der Waals surface area (Å²) in [4.78, 5) is 0. The van der Waals surface area contributed by atoms with E-state index < -0.39 is 0 Å². The van der Waals surface area contributed by atoms with Crippen LogP contribution in [0.25, 0.3) is 0 Å². The normalized spacial score (nSPS) is 12.4. The molecule has 0 aromatic heterocycles. The number of aryl methyl sites for hydroxylation is 1. The number of nitrogens with zero attached hydrogens (tertiary/aromatic N) is 1. The Bertz CT molecular complexity index is 373. The lowest BCUT2D eigenvalue weighted by Crippen LogP contribution is -2.26. The van der Waals surface area contributed by atoms with Crippen molar-refractivity contribution in [3.8, 4) is 6.07 Å². The van der Waals surface area contributed by atoms with E-state index in [0.717, 1.165) is 19.4 Å². The van der Waals surface area contributed by atoms with Crippen LogP contribution in [0.5, 0.6) is 0 Å². The van der Waals surface area contributed by atoms with Gasteiger partial charge in [0.2, 0.25) is 0 Å². The monoisotopic (exact) mass is 244 g/mol. The lowest BCUT2D eigenvalue weighted by molar-refractivity contribution is 0.410. The maximum Gasteiger partial charge on any atom is 0.0622 e. The molecule has 0 fully saturated rings. The summed E-state index contributed by atoms with van der Waals surface area (Å²) >= 11 is 0. The van der Waals surface area contributed by atoms with Gasteiger partial charge in [-0.15, -0.1) is 0 Å². The lowest BCUT2D eigenvalue weighted by Gasteiger charge is -2.23. The zero-order chi connectivity index (χ0) is 13.4. The molecule has 0 heterocycles. The van der Waals surface area contributed by atoms with Gasteiger partial charge >= 0.3 is 0 Å². The molecule has 0 aliphatic heterocycles. The van der Waals surface area contributed by atoms with Gasteiger partial charge in [-0.2, -0.15) is 5.26 Å². The molecule has 2 heteroatoms. The zero-order valence-corrected chi connectivity index (χ0v) is 11.7. The topological polar surface area (TPSA) is 35.8 Å². The van der Waals surface area contributed by atoms with Gasteiger partial charge in [0.25, 0.3) is 0 Å². The lowest BCUT2D eigenvalue weighted by atomic mass is 9.95. The number of rotatable bonds is 7. The van der Waals surface area contributed by atoms with Gasteiger partial charge in [0.1, 0.15) is 0 Å². The number of nitriles is 1. The first-order chi connectivity index (χ1) is 8.69. The molecule has 0 amide bonds. The van der Waals surface area contributed by atoms with Crippen LogP contribution >= 0.6 is 0 Å². The highest BCUT2D eigenvalue weighted by atomic mass is 14.9. The van der Waals surface area contributed by atoms with Crippen molar-refractivity contribution in [1.29, 1.82) is 5.26 Å². The Balaban J connectivity index is 2.62. The first-order valence-electron chi connectivity index (χ1n) is 6.88. The van der Waals surface area contributed by atoms with Crippen molar-refractivity contribution < 1.29 is 0 Å². The number of benzene rings is 1. The molecular formula is C16H24N2. The molecule has 0 spiro atoms. The standard InChI is InChI=1S/C16H24N2/c1-4-14-7-9-15(10-8-14)16(13(2)3)18-12-6-5-11-17/h7-10,13,16,18H,4-6,12H2,1-3H3. The van der Waals surface area contributed by atoms with E-state index in [4.69, 9.17) is 5.26 Å². The molecule has 1 unspecified atom stereocenters. The number of hydrogen-bond acceptors (Lipinski definition) is 2. The van der Waals surface area contributed by atoms with Crippen molar-refractivity contribution in [2.75, 3.05) is 6.54 Å². The van der Waals surface area contributed by atoms with Crippen molar-refractivity contribution >= 4 is 0 Å². The van der Waals surface area contributed by atoms with Crippen molar-refractivity contribution in [2.24, 2.45) is 5.92 Å².